The summed E-state index contributed by atoms with van der Waals surface area (Å²) in [5, 5.41) is 0. The topological polar surface area (TPSA) is 32.5 Å². The van der Waals surface area contributed by atoms with Gasteiger partial charge in [0.1, 0.15) is 0 Å². The van der Waals surface area contributed by atoms with Gasteiger partial charge in [0.2, 0.25) is 0 Å². The maximum absolute atomic E-state index is 6.26. The Morgan fingerprint density at radius 2 is 2.05 bits per heavy atom. The van der Waals surface area contributed by atoms with E-state index in [0.29, 0.717) is 12.0 Å². The quantitative estimate of drug-likeness (QED) is 0.896. The number of rotatable bonds is 2. The molecule has 1 aromatic rings. The molecule has 2 N–H and O–H groups in total. The number of hydrogen-bond donors (Lipinski definition) is 1. The van der Waals surface area contributed by atoms with Gasteiger partial charge in [0, 0.05) is 31.4 Å². The number of nitrogens with zero attached hydrogens (tertiary/aromatic N) is 2. The van der Waals surface area contributed by atoms with Gasteiger partial charge in [0.15, 0.2) is 0 Å². The summed E-state index contributed by atoms with van der Waals surface area (Å²) in [4.78, 5) is 5.07. The van der Waals surface area contributed by atoms with Gasteiger partial charge in [-0.05, 0) is 44.4 Å². The number of likely N-dealkylation sites (tertiary alicyclic amines) is 1. The number of likely N-dealkylation sites (N-methyl/N-ethyl adjacent to an activating group) is 1. The van der Waals surface area contributed by atoms with Crippen LogP contribution in [0, 0.1) is 5.92 Å². The molecule has 20 heavy (non-hydrogen) atoms. The van der Waals surface area contributed by atoms with E-state index in [0.717, 1.165) is 19.6 Å². The van der Waals surface area contributed by atoms with Crippen molar-refractivity contribution < 1.29 is 0 Å². The van der Waals surface area contributed by atoms with Gasteiger partial charge in [-0.1, -0.05) is 25.1 Å². The van der Waals surface area contributed by atoms with Crippen LogP contribution in [0.1, 0.15) is 25.8 Å². The highest BCUT2D eigenvalue weighted by Gasteiger charge is 2.46. The predicted molar refractivity (Wildman–Crippen MR) is 85.2 cm³/mol. The average molecular weight is 273 g/mol. The second kappa shape index (κ2) is 5.05. The molecule has 0 saturated carbocycles. The third kappa shape index (κ3) is 2.13. The molecule has 0 aromatic heterocycles. The van der Waals surface area contributed by atoms with E-state index in [1.54, 1.807) is 0 Å². The normalized spacial score (nSPS) is 34.3. The number of nitrogens with two attached hydrogens (primary N) is 1. The third-order valence-electron chi connectivity index (χ3n) is 5.27. The van der Waals surface area contributed by atoms with E-state index in [-0.39, 0.29) is 5.54 Å². The molecule has 3 unspecified atom stereocenters. The van der Waals surface area contributed by atoms with Gasteiger partial charge in [-0.2, -0.15) is 0 Å². The molecular formula is C17H27N3. The Kier molecular flexibility index (Phi) is 3.51. The molecular weight excluding hydrogens is 246 g/mol. The predicted octanol–water partition coefficient (Wildman–Crippen LogP) is 2.11. The Morgan fingerprint density at radius 1 is 1.30 bits per heavy atom. The van der Waals surface area contributed by atoms with Crippen LogP contribution in [0.3, 0.4) is 0 Å². The van der Waals surface area contributed by atoms with Gasteiger partial charge in [-0.25, -0.2) is 0 Å². The van der Waals surface area contributed by atoms with E-state index in [9.17, 15) is 0 Å². The van der Waals surface area contributed by atoms with E-state index < -0.39 is 0 Å². The lowest BCUT2D eigenvalue weighted by atomic mass is 9.86. The van der Waals surface area contributed by atoms with Crippen molar-refractivity contribution in [1.82, 2.24) is 4.90 Å². The smallest absolute Gasteiger partial charge is 0.0665 e. The molecule has 3 heteroatoms. The van der Waals surface area contributed by atoms with E-state index in [4.69, 9.17) is 5.73 Å². The Balaban J connectivity index is 2.01. The zero-order chi connectivity index (χ0) is 14.3. The Hall–Kier alpha value is -1.06. The Labute approximate surface area is 122 Å². The summed E-state index contributed by atoms with van der Waals surface area (Å²) in [7, 11) is 2.22. The van der Waals surface area contributed by atoms with E-state index in [1.807, 2.05) is 0 Å². The molecule has 3 rings (SSSR count). The first-order chi connectivity index (χ1) is 9.55. The third-order valence-corrected chi connectivity index (χ3v) is 5.27. The monoisotopic (exact) mass is 273 g/mol. The van der Waals surface area contributed by atoms with Crippen molar-refractivity contribution in [2.75, 3.05) is 31.6 Å². The molecule has 1 saturated heterocycles. The Bertz CT molecular complexity index is 475. The largest absolute Gasteiger partial charge is 0.363 e. The van der Waals surface area contributed by atoms with E-state index in [2.05, 4.69) is 55.0 Å². The Morgan fingerprint density at radius 3 is 2.70 bits per heavy atom. The average Bonchev–Trinajstić information content (AvgIpc) is 2.74. The van der Waals surface area contributed by atoms with Crippen LogP contribution in [0.5, 0.6) is 0 Å². The molecule has 2 heterocycles. The molecule has 0 amide bonds. The molecule has 3 atom stereocenters. The number of para-hydroxylation sites is 1. The minimum absolute atomic E-state index is 0.110. The number of anilines is 1. The van der Waals surface area contributed by atoms with Gasteiger partial charge in [0.05, 0.1) is 5.54 Å². The van der Waals surface area contributed by atoms with Crippen molar-refractivity contribution in [2.45, 2.75) is 38.3 Å². The summed E-state index contributed by atoms with van der Waals surface area (Å²) in [6.07, 6.45) is 2.36. The summed E-state index contributed by atoms with van der Waals surface area (Å²) in [6.45, 7) is 7.62. The van der Waals surface area contributed by atoms with Crippen LogP contribution in [0.25, 0.3) is 0 Å². The molecule has 0 bridgehead atoms. The first kappa shape index (κ1) is 13.9. The summed E-state index contributed by atoms with van der Waals surface area (Å²) in [5.74, 6) is 0.703. The lowest BCUT2D eigenvalue weighted by molar-refractivity contribution is 0.310. The number of benzene rings is 1. The lowest BCUT2D eigenvalue weighted by Crippen LogP contribution is -2.58. The highest BCUT2D eigenvalue weighted by Crippen LogP contribution is 2.39. The van der Waals surface area contributed by atoms with Crippen LogP contribution in [0.2, 0.25) is 0 Å². The molecule has 2 aliphatic rings. The molecule has 1 fully saturated rings. The van der Waals surface area contributed by atoms with E-state index >= 15 is 0 Å². The van der Waals surface area contributed by atoms with Crippen molar-refractivity contribution in [1.29, 1.82) is 0 Å². The second-order valence-corrected chi connectivity index (χ2v) is 6.95. The van der Waals surface area contributed by atoms with Crippen molar-refractivity contribution in [3.63, 3.8) is 0 Å². The van der Waals surface area contributed by atoms with Crippen molar-refractivity contribution in [3.05, 3.63) is 29.8 Å². The number of fused-ring (bicyclic) bond motifs is 1. The highest BCUT2D eigenvalue weighted by molar-refractivity contribution is 5.58. The van der Waals surface area contributed by atoms with Crippen molar-refractivity contribution in [3.8, 4) is 0 Å². The highest BCUT2D eigenvalue weighted by atomic mass is 15.3. The van der Waals surface area contributed by atoms with Crippen LogP contribution in [0.4, 0.5) is 5.69 Å². The van der Waals surface area contributed by atoms with Gasteiger partial charge >= 0.3 is 0 Å². The standard InChI is InChI=1S/C17H27N3/c1-13-8-15-6-4-5-7-16(15)20(10-13)17(11-18)9-14(2)19(3)12-17/h4-7,13-14H,8-12,18H2,1-3H3. The fourth-order valence-corrected chi connectivity index (χ4v) is 4.09. The SMILES string of the molecule is CC1Cc2ccccc2N(C2(CN)CC(C)N(C)C2)C1. The molecule has 0 spiro atoms. The van der Waals surface area contributed by atoms with Gasteiger partial charge in [-0.15, -0.1) is 0 Å². The van der Waals surface area contributed by atoms with Crippen LogP contribution >= 0.6 is 0 Å². The minimum atomic E-state index is 0.110. The van der Waals surface area contributed by atoms with Crippen molar-refractivity contribution in [2.24, 2.45) is 11.7 Å². The van der Waals surface area contributed by atoms with Crippen LogP contribution in [-0.4, -0.2) is 43.2 Å². The molecule has 2 aliphatic heterocycles. The van der Waals surface area contributed by atoms with Crippen LogP contribution < -0.4 is 10.6 Å². The molecule has 0 radical (unpaired) electrons. The molecule has 1 aromatic carbocycles. The first-order valence-corrected chi connectivity index (χ1v) is 7.81. The van der Waals surface area contributed by atoms with E-state index in [1.165, 1.54) is 24.1 Å². The molecule has 0 aliphatic carbocycles. The first-order valence-electron chi connectivity index (χ1n) is 7.81. The molecule has 110 valence electrons. The fraction of sp³-hybridized carbons (Fsp3) is 0.647. The zero-order valence-electron chi connectivity index (χ0n) is 13.0. The van der Waals surface area contributed by atoms with Gasteiger partial charge < -0.3 is 15.5 Å². The number of hydrogen-bond acceptors (Lipinski definition) is 3. The van der Waals surface area contributed by atoms with Crippen molar-refractivity contribution >= 4 is 5.69 Å². The second-order valence-electron chi connectivity index (χ2n) is 6.95. The summed E-state index contributed by atoms with van der Waals surface area (Å²) in [6, 6.07) is 9.50. The summed E-state index contributed by atoms with van der Waals surface area (Å²) < 4.78 is 0. The van der Waals surface area contributed by atoms with Crippen LogP contribution in [0.15, 0.2) is 24.3 Å². The summed E-state index contributed by atoms with van der Waals surface area (Å²) >= 11 is 0. The maximum atomic E-state index is 6.26. The van der Waals surface area contributed by atoms with Gasteiger partial charge in [-0.3, -0.25) is 0 Å². The van der Waals surface area contributed by atoms with Gasteiger partial charge in [0.25, 0.3) is 0 Å². The fourth-order valence-electron chi connectivity index (χ4n) is 4.09. The zero-order valence-corrected chi connectivity index (χ0v) is 13.0. The summed E-state index contributed by atoms with van der Waals surface area (Å²) in [5.41, 5.74) is 9.27. The minimum Gasteiger partial charge on any atom is -0.363 e. The molecule has 3 nitrogen and oxygen atoms in total. The van der Waals surface area contributed by atoms with Crippen LogP contribution in [-0.2, 0) is 6.42 Å². The maximum Gasteiger partial charge on any atom is 0.0665 e. The lowest BCUT2D eigenvalue weighted by Gasteiger charge is -2.47.